The SMILES string of the molecule is CC(=O)c1c(C)sc2ccc(Cl)cc12. The minimum Gasteiger partial charge on any atom is -0.294 e. The number of ketones is 1. The Morgan fingerprint density at radius 3 is 2.79 bits per heavy atom. The molecule has 2 rings (SSSR count). The van der Waals surface area contributed by atoms with Crippen molar-refractivity contribution < 1.29 is 4.79 Å². The molecule has 0 saturated carbocycles. The zero-order chi connectivity index (χ0) is 10.3. The molecule has 2 aromatic rings. The van der Waals surface area contributed by atoms with E-state index in [4.69, 9.17) is 11.6 Å². The summed E-state index contributed by atoms with van der Waals surface area (Å²) in [6.07, 6.45) is 0. The fourth-order valence-electron chi connectivity index (χ4n) is 1.63. The lowest BCUT2D eigenvalue weighted by molar-refractivity contribution is 0.101. The summed E-state index contributed by atoms with van der Waals surface area (Å²) in [6.45, 7) is 3.56. The molecular weight excluding hydrogens is 216 g/mol. The van der Waals surface area contributed by atoms with Gasteiger partial charge in [0.05, 0.1) is 0 Å². The van der Waals surface area contributed by atoms with Crippen molar-refractivity contribution in [2.75, 3.05) is 0 Å². The summed E-state index contributed by atoms with van der Waals surface area (Å²) in [5, 5.41) is 1.66. The zero-order valence-corrected chi connectivity index (χ0v) is 9.50. The number of thiophene rings is 1. The Morgan fingerprint density at radius 2 is 2.14 bits per heavy atom. The average molecular weight is 225 g/mol. The van der Waals surface area contributed by atoms with Gasteiger partial charge >= 0.3 is 0 Å². The lowest BCUT2D eigenvalue weighted by Crippen LogP contribution is -1.91. The van der Waals surface area contributed by atoms with Crippen LogP contribution in [0.4, 0.5) is 0 Å². The average Bonchev–Trinajstić information content (AvgIpc) is 2.40. The van der Waals surface area contributed by atoms with Crippen LogP contribution < -0.4 is 0 Å². The van der Waals surface area contributed by atoms with E-state index in [0.717, 1.165) is 20.5 Å². The van der Waals surface area contributed by atoms with Crippen LogP contribution in [0.15, 0.2) is 18.2 Å². The molecule has 0 N–H and O–H groups in total. The smallest absolute Gasteiger partial charge is 0.161 e. The van der Waals surface area contributed by atoms with E-state index in [9.17, 15) is 4.79 Å². The lowest BCUT2D eigenvalue weighted by atomic mass is 10.1. The van der Waals surface area contributed by atoms with Gasteiger partial charge in [-0.2, -0.15) is 0 Å². The van der Waals surface area contributed by atoms with Crippen LogP contribution in [-0.2, 0) is 0 Å². The van der Waals surface area contributed by atoms with Gasteiger partial charge in [0.1, 0.15) is 0 Å². The van der Waals surface area contributed by atoms with Crippen LogP contribution in [0.2, 0.25) is 5.02 Å². The molecule has 0 atom stereocenters. The molecule has 1 heterocycles. The third-order valence-corrected chi connectivity index (χ3v) is 3.50. The van der Waals surface area contributed by atoms with Gasteiger partial charge in [-0.1, -0.05) is 11.6 Å². The number of benzene rings is 1. The van der Waals surface area contributed by atoms with Crippen LogP contribution in [0.25, 0.3) is 10.1 Å². The van der Waals surface area contributed by atoms with Crippen molar-refractivity contribution >= 4 is 38.8 Å². The summed E-state index contributed by atoms with van der Waals surface area (Å²) in [4.78, 5) is 12.5. The van der Waals surface area contributed by atoms with Crippen molar-refractivity contribution in [3.05, 3.63) is 33.7 Å². The Balaban J connectivity index is 2.86. The predicted molar refractivity (Wildman–Crippen MR) is 61.6 cm³/mol. The van der Waals surface area contributed by atoms with E-state index in [1.54, 1.807) is 18.3 Å². The molecule has 72 valence electrons. The second-order valence-electron chi connectivity index (χ2n) is 3.23. The zero-order valence-electron chi connectivity index (χ0n) is 7.93. The number of fused-ring (bicyclic) bond motifs is 1. The number of aryl methyl sites for hydroxylation is 1. The van der Waals surface area contributed by atoms with Crippen molar-refractivity contribution in [3.8, 4) is 0 Å². The summed E-state index contributed by atoms with van der Waals surface area (Å²) in [7, 11) is 0. The number of Topliss-reactive ketones (excluding diaryl/α,β-unsaturated/α-hetero) is 1. The van der Waals surface area contributed by atoms with E-state index in [2.05, 4.69) is 0 Å². The van der Waals surface area contributed by atoms with E-state index in [-0.39, 0.29) is 5.78 Å². The predicted octanol–water partition coefficient (Wildman–Crippen LogP) is 4.07. The molecule has 0 bridgehead atoms. The highest BCUT2D eigenvalue weighted by molar-refractivity contribution is 7.19. The van der Waals surface area contributed by atoms with Gasteiger partial charge in [0, 0.05) is 25.5 Å². The highest BCUT2D eigenvalue weighted by Crippen LogP contribution is 2.32. The molecule has 1 aromatic heterocycles. The number of hydrogen-bond donors (Lipinski definition) is 0. The minimum atomic E-state index is 0.107. The molecule has 0 saturated heterocycles. The highest BCUT2D eigenvalue weighted by Gasteiger charge is 2.12. The van der Waals surface area contributed by atoms with Gasteiger partial charge in [0.15, 0.2) is 5.78 Å². The molecular formula is C11H9ClOS. The largest absolute Gasteiger partial charge is 0.294 e. The Kier molecular flexibility index (Phi) is 2.33. The maximum absolute atomic E-state index is 11.4. The third-order valence-electron chi connectivity index (χ3n) is 2.18. The summed E-state index contributed by atoms with van der Waals surface area (Å²) >= 11 is 7.53. The van der Waals surface area contributed by atoms with Gasteiger partial charge in [-0.3, -0.25) is 4.79 Å². The molecule has 0 aliphatic rings. The maximum atomic E-state index is 11.4. The van der Waals surface area contributed by atoms with Crippen LogP contribution in [0, 0.1) is 6.92 Å². The Hall–Kier alpha value is -0.860. The van der Waals surface area contributed by atoms with Crippen LogP contribution in [0.1, 0.15) is 22.2 Å². The molecule has 1 nitrogen and oxygen atoms in total. The number of carbonyl (C=O) groups is 1. The first-order valence-corrected chi connectivity index (χ1v) is 5.48. The monoisotopic (exact) mass is 224 g/mol. The lowest BCUT2D eigenvalue weighted by Gasteiger charge is -1.95. The van der Waals surface area contributed by atoms with E-state index >= 15 is 0 Å². The molecule has 0 amide bonds. The Bertz CT molecular complexity index is 513. The molecule has 0 unspecified atom stereocenters. The Morgan fingerprint density at radius 1 is 1.43 bits per heavy atom. The van der Waals surface area contributed by atoms with Gasteiger partial charge < -0.3 is 0 Å². The normalized spacial score (nSPS) is 10.8. The van der Waals surface area contributed by atoms with Crippen molar-refractivity contribution in [1.82, 2.24) is 0 Å². The quantitative estimate of drug-likeness (QED) is 0.668. The topological polar surface area (TPSA) is 17.1 Å². The fraction of sp³-hybridized carbons (Fsp3) is 0.182. The molecule has 1 aromatic carbocycles. The van der Waals surface area contributed by atoms with E-state index in [1.165, 1.54) is 0 Å². The summed E-state index contributed by atoms with van der Waals surface area (Å²) < 4.78 is 1.12. The van der Waals surface area contributed by atoms with E-state index < -0.39 is 0 Å². The third kappa shape index (κ3) is 1.45. The number of rotatable bonds is 1. The molecule has 0 aliphatic carbocycles. The van der Waals surface area contributed by atoms with E-state index in [0.29, 0.717) is 5.02 Å². The van der Waals surface area contributed by atoms with Crippen molar-refractivity contribution in [1.29, 1.82) is 0 Å². The van der Waals surface area contributed by atoms with Crippen molar-refractivity contribution in [2.24, 2.45) is 0 Å². The van der Waals surface area contributed by atoms with Crippen molar-refractivity contribution in [2.45, 2.75) is 13.8 Å². The maximum Gasteiger partial charge on any atom is 0.161 e. The van der Waals surface area contributed by atoms with Gasteiger partial charge in [0.2, 0.25) is 0 Å². The van der Waals surface area contributed by atoms with Crippen LogP contribution >= 0.6 is 22.9 Å². The van der Waals surface area contributed by atoms with Gasteiger partial charge in [0.25, 0.3) is 0 Å². The standard InChI is InChI=1S/C11H9ClOS/c1-6(13)11-7(2)14-10-4-3-8(12)5-9(10)11/h3-5H,1-2H3. The second-order valence-corrected chi connectivity index (χ2v) is 4.92. The first-order chi connectivity index (χ1) is 6.59. The van der Waals surface area contributed by atoms with Crippen LogP contribution in [-0.4, -0.2) is 5.78 Å². The molecule has 0 aliphatic heterocycles. The second kappa shape index (κ2) is 3.37. The van der Waals surface area contributed by atoms with Crippen LogP contribution in [0.5, 0.6) is 0 Å². The molecule has 14 heavy (non-hydrogen) atoms. The molecule has 3 heteroatoms. The van der Waals surface area contributed by atoms with Crippen molar-refractivity contribution in [3.63, 3.8) is 0 Å². The summed E-state index contributed by atoms with van der Waals surface area (Å²) in [5.74, 6) is 0.107. The molecule has 0 fully saturated rings. The summed E-state index contributed by atoms with van der Waals surface area (Å²) in [5.41, 5.74) is 0.813. The fourth-order valence-corrected chi connectivity index (χ4v) is 2.89. The number of hydrogen-bond acceptors (Lipinski definition) is 2. The first kappa shape index (κ1) is 9.69. The minimum absolute atomic E-state index is 0.107. The first-order valence-electron chi connectivity index (χ1n) is 4.29. The van der Waals surface area contributed by atoms with Gasteiger partial charge in [-0.15, -0.1) is 11.3 Å². The number of halogens is 1. The molecule has 0 spiro atoms. The highest BCUT2D eigenvalue weighted by atomic mass is 35.5. The Labute approximate surface area is 91.3 Å². The van der Waals surface area contributed by atoms with Crippen LogP contribution in [0.3, 0.4) is 0 Å². The van der Waals surface area contributed by atoms with E-state index in [1.807, 2.05) is 25.1 Å². The van der Waals surface area contributed by atoms with Gasteiger partial charge in [-0.25, -0.2) is 0 Å². The summed E-state index contributed by atoms with van der Waals surface area (Å²) in [6, 6.07) is 5.67. The van der Waals surface area contributed by atoms with Gasteiger partial charge in [-0.05, 0) is 32.0 Å². The molecule has 0 radical (unpaired) electrons. The number of carbonyl (C=O) groups excluding carboxylic acids is 1.